The smallest absolute Gasteiger partial charge is 0.138 e. The fourth-order valence-corrected chi connectivity index (χ4v) is 2.44. The summed E-state index contributed by atoms with van der Waals surface area (Å²) in [6.07, 6.45) is 3.49. The van der Waals surface area contributed by atoms with Crippen LogP contribution < -0.4 is 10.1 Å². The number of benzene rings is 1. The van der Waals surface area contributed by atoms with Crippen LogP contribution in [-0.2, 0) is 0 Å². The average molecular weight is 309 g/mol. The molecule has 0 saturated carbocycles. The van der Waals surface area contributed by atoms with Gasteiger partial charge >= 0.3 is 0 Å². The number of halogens is 2. The first-order valence-electron chi connectivity index (χ1n) is 6.75. The molecule has 0 radical (unpaired) electrons. The van der Waals surface area contributed by atoms with Crippen LogP contribution in [0.15, 0.2) is 36.7 Å². The standard InChI is InChI=1S/C16H18ClFN2O/c1-10(2)21-13-6-11(8-20-9-13)16(19-3)14-5-4-12(18)7-15(14)17/h4-10,16,19H,1-3H3. The summed E-state index contributed by atoms with van der Waals surface area (Å²) in [6, 6.07) is 6.11. The minimum absolute atomic E-state index is 0.0736. The van der Waals surface area contributed by atoms with Gasteiger partial charge < -0.3 is 10.1 Å². The zero-order valence-electron chi connectivity index (χ0n) is 12.2. The Hall–Kier alpha value is -1.65. The molecule has 0 bridgehead atoms. The maximum absolute atomic E-state index is 13.2. The molecule has 1 heterocycles. The lowest BCUT2D eigenvalue weighted by atomic mass is 10.00. The zero-order chi connectivity index (χ0) is 15.4. The van der Waals surface area contributed by atoms with E-state index in [2.05, 4.69) is 10.3 Å². The average Bonchev–Trinajstić information content (AvgIpc) is 2.41. The molecule has 3 nitrogen and oxygen atoms in total. The van der Waals surface area contributed by atoms with E-state index in [4.69, 9.17) is 16.3 Å². The summed E-state index contributed by atoms with van der Waals surface area (Å²) < 4.78 is 18.8. The molecule has 2 aromatic rings. The van der Waals surface area contributed by atoms with Crippen LogP contribution in [0.3, 0.4) is 0 Å². The molecule has 112 valence electrons. The molecule has 0 fully saturated rings. The number of hydrogen-bond donors (Lipinski definition) is 1. The highest BCUT2D eigenvalue weighted by atomic mass is 35.5. The Labute approximate surface area is 129 Å². The van der Waals surface area contributed by atoms with Gasteiger partial charge in [0.1, 0.15) is 11.6 Å². The first kappa shape index (κ1) is 15.7. The summed E-state index contributed by atoms with van der Waals surface area (Å²) >= 11 is 6.15. The van der Waals surface area contributed by atoms with E-state index in [1.165, 1.54) is 12.1 Å². The Balaban J connectivity index is 2.37. The number of ether oxygens (including phenoxy) is 1. The Morgan fingerprint density at radius 3 is 2.62 bits per heavy atom. The molecule has 1 unspecified atom stereocenters. The third kappa shape index (κ3) is 3.93. The second kappa shape index (κ2) is 6.87. The molecule has 5 heteroatoms. The molecule has 0 saturated heterocycles. The van der Waals surface area contributed by atoms with E-state index in [-0.39, 0.29) is 18.0 Å². The molecular formula is C16H18ClFN2O. The van der Waals surface area contributed by atoms with E-state index >= 15 is 0 Å². The SMILES string of the molecule is CNC(c1cncc(OC(C)C)c1)c1ccc(F)cc1Cl. The van der Waals surface area contributed by atoms with Gasteiger partial charge in [0.25, 0.3) is 0 Å². The minimum atomic E-state index is -0.353. The Bertz CT molecular complexity index is 619. The number of hydrogen-bond acceptors (Lipinski definition) is 3. The van der Waals surface area contributed by atoms with E-state index in [0.29, 0.717) is 10.8 Å². The van der Waals surface area contributed by atoms with E-state index in [1.807, 2.05) is 27.0 Å². The van der Waals surface area contributed by atoms with Crippen molar-refractivity contribution >= 4 is 11.6 Å². The van der Waals surface area contributed by atoms with E-state index in [0.717, 1.165) is 11.1 Å². The van der Waals surface area contributed by atoms with Crippen molar-refractivity contribution in [2.75, 3.05) is 7.05 Å². The summed E-state index contributed by atoms with van der Waals surface area (Å²) in [5.74, 6) is 0.342. The monoisotopic (exact) mass is 308 g/mol. The third-order valence-corrected chi connectivity index (χ3v) is 3.33. The maximum Gasteiger partial charge on any atom is 0.138 e. The van der Waals surface area contributed by atoms with E-state index in [9.17, 15) is 4.39 Å². The molecule has 21 heavy (non-hydrogen) atoms. The topological polar surface area (TPSA) is 34.2 Å². The van der Waals surface area contributed by atoms with Crippen LogP contribution in [0.4, 0.5) is 4.39 Å². The summed E-state index contributed by atoms with van der Waals surface area (Å²) in [6.45, 7) is 3.91. The lowest BCUT2D eigenvalue weighted by Gasteiger charge is -2.19. The van der Waals surface area contributed by atoms with Gasteiger partial charge in [-0.05, 0) is 50.2 Å². The normalized spacial score (nSPS) is 12.5. The number of rotatable bonds is 5. The predicted octanol–water partition coefficient (Wildman–Crippen LogP) is 3.97. The maximum atomic E-state index is 13.2. The van der Waals surface area contributed by atoms with Crippen LogP contribution in [0, 0.1) is 5.82 Å². The molecule has 1 N–H and O–H groups in total. The Morgan fingerprint density at radius 2 is 2.00 bits per heavy atom. The molecule has 2 rings (SSSR count). The van der Waals surface area contributed by atoms with Crippen LogP contribution in [0.5, 0.6) is 5.75 Å². The first-order chi connectivity index (χ1) is 10.0. The van der Waals surface area contributed by atoms with Crippen molar-refractivity contribution in [3.8, 4) is 5.75 Å². The Morgan fingerprint density at radius 1 is 1.24 bits per heavy atom. The molecule has 0 aliphatic heterocycles. The number of nitrogens with one attached hydrogen (secondary N) is 1. The number of pyridine rings is 1. The van der Waals surface area contributed by atoms with Crippen LogP contribution in [0.1, 0.15) is 31.0 Å². The van der Waals surface area contributed by atoms with Crippen molar-refractivity contribution < 1.29 is 9.13 Å². The van der Waals surface area contributed by atoms with Gasteiger partial charge in [-0.1, -0.05) is 17.7 Å². The van der Waals surface area contributed by atoms with Crippen molar-refractivity contribution in [2.45, 2.75) is 26.0 Å². The number of nitrogens with zero attached hydrogens (tertiary/aromatic N) is 1. The fourth-order valence-electron chi connectivity index (χ4n) is 2.17. The van der Waals surface area contributed by atoms with Crippen molar-refractivity contribution in [1.29, 1.82) is 0 Å². The van der Waals surface area contributed by atoms with Crippen molar-refractivity contribution in [3.05, 3.63) is 58.6 Å². The van der Waals surface area contributed by atoms with Gasteiger partial charge in [0.2, 0.25) is 0 Å². The van der Waals surface area contributed by atoms with Crippen LogP contribution >= 0.6 is 11.6 Å². The largest absolute Gasteiger partial charge is 0.489 e. The predicted molar refractivity (Wildman–Crippen MR) is 82.3 cm³/mol. The van der Waals surface area contributed by atoms with Crippen LogP contribution in [-0.4, -0.2) is 18.1 Å². The molecule has 0 aliphatic rings. The van der Waals surface area contributed by atoms with Crippen LogP contribution in [0.25, 0.3) is 0 Å². The van der Waals surface area contributed by atoms with Gasteiger partial charge in [-0.25, -0.2) is 4.39 Å². The van der Waals surface area contributed by atoms with Gasteiger partial charge in [0.15, 0.2) is 0 Å². The Kier molecular flexibility index (Phi) is 5.15. The van der Waals surface area contributed by atoms with E-state index < -0.39 is 0 Å². The van der Waals surface area contributed by atoms with Crippen molar-refractivity contribution in [3.63, 3.8) is 0 Å². The second-order valence-corrected chi connectivity index (χ2v) is 5.42. The van der Waals surface area contributed by atoms with Crippen molar-refractivity contribution in [2.24, 2.45) is 0 Å². The van der Waals surface area contributed by atoms with Gasteiger partial charge in [0, 0.05) is 11.2 Å². The lowest BCUT2D eigenvalue weighted by molar-refractivity contribution is 0.241. The highest BCUT2D eigenvalue weighted by Crippen LogP contribution is 2.30. The van der Waals surface area contributed by atoms with Crippen LogP contribution in [0.2, 0.25) is 5.02 Å². The van der Waals surface area contributed by atoms with E-state index in [1.54, 1.807) is 18.5 Å². The van der Waals surface area contributed by atoms with Gasteiger partial charge in [-0.2, -0.15) is 0 Å². The quantitative estimate of drug-likeness (QED) is 0.907. The lowest BCUT2D eigenvalue weighted by Crippen LogP contribution is -2.18. The molecule has 0 amide bonds. The summed E-state index contributed by atoms with van der Waals surface area (Å²) in [5, 5.41) is 3.55. The summed E-state index contributed by atoms with van der Waals surface area (Å²) in [4.78, 5) is 4.20. The van der Waals surface area contributed by atoms with Crippen molar-refractivity contribution in [1.82, 2.24) is 10.3 Å². The van der Waals surface area contributed by atoms with Gasteiger partial charge in [-0.15, -0.1) is 0 Å². The summed E-state index contributed by atoms with van der Waals surface area (Å²) in [7, 11) is 1.82. The fraction of sp³-hybridized carbons (Fsp3) is 0.312. The first-order valence-corrected chi connectivity index (χ1v) is 7.13. The third-order valence-electron chi connectivity index (χ3n) is 3.00. The molecule has 1 aromatic heterocycles. The summed E-state index contributed by atoms with van der Waals surface area (Å²) in [5.41, 5.74) is 1.70. The van der Waals surface area contributed by atoms with Gasteiger partial charge in [0.05, 0.1) is 18.3 Å². The highest BCUT2D eigenvalue weighted by molar-refractivity contribution is 6.31. The molecule has 0 aliphatic carbocycles. The minimum Gasteiger partial charge on any atom is -0.489 e. The van der Waals surface area contributed by atoms with Gasteiger partial charge in [-0.3, -0.25) is 4.98 Å². The zero-order valence-corrected chi connectivity index (χ0v) is 13.0. The molecule has 1 aromatic carbocycles. The molecule has 0 spiro atoms. The highest BCUT2D eigenvalue weighted by Gasteiger charge is 2.17. The number of aromatic nitrogens is 1. The molecule has 1 atom stereocenters. The second-order valence-electron chi connectivity index (χ2n) is 5.01. The molecular weight excluding hydrogens is 291 g/mol.